The van der Waals surface area contributed by atoms with E-state index < -0.39 is 17.6 Å². The molecule has 6 nitrogen and oxygen atoms in total. The molecule has 0 radical (unpaired) electrons. The number of ether oxygens (including phenoxy) is 2. The van der Waals surface area contributed by atoms with Crippen molar-refractivity contribution in [3.8, 4) is 5.75 Å². The molecule has 1 N–H and O–H groups in total. The number of hydrogen-bond donors (Lipinski definition) is 1. The van der Waals surface area contributed by atoms with Gasteiger partial charge in [-0.2, -0.15) is 0 Å². The van der Waals surface area contributed by atoms with Crippen LogP contribution in [0.5, 0.6) is 5.75 Å². The van der Waals surface area contributed by atoms with Crippen molar-refractivity contribution in [3.05, 3.63) is 28.2 Å². The van der Waals surface area contributed by atoms with E-state index in [2.05, 4.69) is 21.2 Å². The van der Waals surface area contributed by atoms with E-state index in [1.165, 1.54) is 4.90 Å². The molecule has 1 aromatic carbocycles. The lowest BCUT2D eigenvalue weighted by molar-refractivity contribution is -0.0494. The summed E-state index contributed by atoms with van der Waals surface area (Å²) in [6, 6.07) is 4.88. The maximum absolute atomic E-state index is 13.3. The third-order valence-corrected chi connectivity index (χ3v) is 4.40. The maximum Gasteiger partial charge on any atom is 0.407 e. The first-order chi connectivity index (χ1) is 13.0. The lowest BCUT2D eigenvalue weighted by atomic mass is 10.1. The molecule has 2 rings (SSSR count). The predicted octanol–water partition coefficient (Wildman–Crippen LogP) is 4.22. The van der Waals surface area contributed by atoms with Crippen molar-refractivity contribution >= 4 is 27.9 Å². The molecule has 9 heteroatoms. The molecule has 1 heterocycles. The van der Waals surface area contributed by atoms with Crippen LogP contribution >= 0.6 is 15.9 Å². The summed E-state index contributed by atoms with van der Waals surface area (Å²) in [5, 5.41) is 2.58. The average molecular weight is 463 g/mol. The second-order valence-electron chi connectivity index (χ2n) is 7.60. The van der Waals surface area contributed by atoms with Gasteiger partial charge in [-0.1, -0.05) is 15.9 Å². The van der Waals surface area contributed by atoms with Crippen LogP contribution in [0.2, 0.25) is 0 Å². The third kappa shape index (κ3) is 7.26. The molecule has 0 aromatic heterocycles. The van der Waals surface area contributed by atoms with Crippen LogP contribution < -0.4 is 10.1 Å². The Hall–Kier alpha value is -1.90. The summed E-state index contributed by atoms with van der Waals surface area (Å²) in [5.74, 6) is -2.58. The molecule has 2 amide bonds. The molecule has 1 aliphatic rings. The number of amides is 2. The number of rotatable bonds is 5. The molecule has 0 unspecified atom stereocenters. The maximum atomic E-state index is 13.3. The Labute approximate surface area is 171 Å². The number of carbonyl (C=O) groups excluding carboxylic acids is 2. The summed E-state index contributed by atoms with van der Waals surface area (Å²) in [6.07, 6.45) is -1.19. The molecule has 1 saturated heterocycles. The third-order valence-electron chi connectivity index (χ3n) is 3.94. The number of nitrogens with zero attached hydrogens (tertiary/aromatic N) is 1. The Balaban J connectivity index is 1.89. The van der Waals surface area contributed by atoms with E-state index in [1.807, 2.05) is 0 Å². The normalized spacial score (nSPS) is 16.4. The van der Waals surface area contributed by atoms with Crippen LogP contribution in [0.1, 0.15) is 44.0 Å². The number of hydrogen-bond acceptors (Lipinski definition) is 4. The number of piperidine rings is 1. The molecule has 28 heavy (non-hydrogen) atoms. The molecule has 0 bridgehead atoms. The zero-order valence-electron chi connectivity index (χ0n) is 16.2. The van der Waals surface area contributed by atoms with E-state index in [9.17, 15) is 18.4 Å². The standard InChI is InChI=1S/C19H25BrF2N2O4/c1-18(2,3)28-17(26)23-6-9-27-15-11-13(10-14(20)12-15)16(25)24-7-4-19(21,22)5-8-24/h10-12H,4-9H2,1-3H3,(H,23,26). The van der Waals surface area contributed by atoms with Gasteiger partial charge in [-0.25, -0.2) is 13.6 Å². The summed E-state index contributed by atoms with van der Waals surface area (Å²) in [7, 11) is 0. The van der Waals surface area contributed by atoms with E-state index in [0.29, 0.717) is 15.8 Å². The molecular weight excluding hydrogens is 438 g/mol. The van der Waals surface area contributed by atoms with Gasteiger partial charge in [0.1, 0.15) is 18.0 Å². The second kappa shape index (κ2) is 9.07. The fourth-order valence-corrected chi connectivity index (χ4v) is 3.10. The molecule has 0 spiro atoms. The van der Waals surface area contributed by atoms with Gasteiger partial charge in [0.05, 0.1) is 6.54 Å². The number of nitrogens with one attached hydrogen (secondary N) is 1. The Morgan fingerprint density at radius 1 is 1.21 bits per heavy atom. The topological polar surface area (TPSA) is 67.9 Å². The highest BCUT2D eigenvalue weighted by Crippen LogP contribution is 2.29. The van der Waals surface area contributed by atoms with Crippen molar-refractivity contribution in [3.63, 3.8) is 0 Å². The van der Waals surface area contributed by atoms with Crippen molar-refractivity contribution in [2.24, 2.45) is 0 Å². The van der Waals surface area contributed by atoms with Crippen molar-refractivity contribution in [2.45, 2.75) is 45.1 Å². The summed E-state index contributed by atoms with van der Waals surface area (Å²) < 4.78 is 37.9. The van der Waals surface area contributed by atoms with Crippen molar-refractivity contribution in [1.82, 2.24) is 10.2 Å². The molecule has 0 aliphatic carbocycles. The number of alkyl halides is 2. The van der Waals surface area contributed by atoms with Crippen LogP contribution in [0.15, 0.2) is 22.7 Å². The fourth-order valence-electron chi connectivity index (χ4n) is 2.63. The van der Waals surface area contributed by atoms with E-state index in [-0.39, 0.29) is 45.0 Å². The first-order valence-corrected chi connectivity index (χ1v) is 9.82. The molecule has 156 valence electrons. The molecule has 0 saturated carbocycles. The Kier molecular flexibility index (Phi) is 7.25. The number of benzene rings is 1. The van der Waals surface area contributed by atoms with Crippen molar-refractivity contribution in [2.75, 3.05) is 26.2 Å². The highest BCUT2D eigenvalue weighted by atomic mass is 79.9. The molecule has 1 fully saturated rings. The minimum Gasteiger partial charge on any atom is -0.492 e. The van der Waals surface area contributed by atoms with Gasteiger partial charge in [0, 0.05) is 36.0 Å². The zero-order chi connectivity index (χ0) is 20.9. The van der Waals surface area contributed by atoms with Crippen LogP contribution in [-0.2, 0) is 4.74 Å². The largest absolute Gasteiger partial charge is 0.492 e. The number of likely N-dealkylation sites (tertiary alicyclic amines) is 1. The van der Waals surface area contributed by atoms with Crippen LogP contribution in [0.25, 0.3) is 0 Å². The lowest BCUT2D eigenvalue weighted by Crippen LogP contribution is -2.42. The summed E-state index contributed by atoms with van der Waals surface area (Å²) in [4.78, 5) is 25.6. The van der Waals surface area contributed by atoms with E-state index in [0.717, 1.165) is 0 Å². The molecule has 0 atom stereocenters. The Bertz CT molecular complexity index is 712. The van der Waals surface area contributed by atoms with Gasteiger partial charge in [0.2, 0.25) is 0 Å². The molecule has 1 aliphatic heterocycles. The number of halogens is 3. The van der Waals surface area contributed by atoms with E-state index in [4.69, 9.17) is 9.47 Å². The van der Waals surface area contributed by atoms with E-state index in [1.54, 1.807) is 39.0 Å². The van der Waals surface area contributed by atoms with Gasteiger partial charge in [0.15, 0.2) is 0 Å². The van der Waals surface area contributed by atoms with Gasteiger partial charge in [-0.15, -0.1) is 0 Å². The smallest absolute Gasteiger partial charge is 0.407 e. The summed E-state index contributed by atoms with van der Waals surface area (Å²) in [5.41, 5.74) is -0.224. The van der Waals surface area contributed by atoms with Crippen LogP contribution in [0.4, 0.5) is 13.6 Å². The Morgan fingerprint density at radius 3 is 2.46 bits per heavy atom. The first-order valence-electron chi connectivity index (χ1n) is 9.03. The fraction of sp³-hybridized carbons (Fsp3) is 0.579. The quantitative estimate of drug-likeness (QED) is 0.664. The van der Waals surface area contributed by atoms with Gasteiger partial charge in [0.25, 0.3) is 11.8 Å². The van der Waals surface area contributed by atoms with Gasteiger partial charge in [-0.3, -0.25) is 4.79 Å². The highest BCUT2D eigenvalue weighted by Gasteiger charge is 2.35. The monoisotopic (exact) mass is 462 g/mol. The predicted molar refractivity (Wildman–Crippen MR) is 104 cm³/mol. The Morgan fingerprint density at radius 2 is 1.86 bits per heavy atom. The van der Waals surface area contributed by atoms with Crippen molar-refractivity contribution in [1.29, 1.82) is 0 Å². The second-order valence-corrected chi connectivity index (χ2v) is 8.52. The minimum absolute atomic E-state index is 0.0222. The minimum atomic E-state index is -2.70. The first kappa shape index (κ1) is 22.4. The van der Waals surface area contributed by atoms with Crippen LogP contribution in [0, 0.1) is 0 Å². The lowest BCUT2D eigenvalue weighted by Gasteiger charge is -2.31. The van der Waals surface area contributed by atoms with Crippen LogP contribution in [0.3, 0.4) is 0 Å². The van der Waals surface area contributed by atoms with Gasteiger partial charge in [-0.05, 0) is 39.0 Å². The average Bonchev–Trinajstić information content (AvgIpc) is 2.56. The SMILES string of the molecule is CC(C)(C)OC(=O)NCCOc1cc(Br)cc(C(=O)N2CCC(F)(F)CC2)c1. The van der Waals surface area contributed by atoms with Crippen LogP contribution in [-0.4, -0.2) is 54.7 Å². The van der Waals surface area contributed by atoms with Gasteiger partial charge >= 0.3 is 6.09 Å². The van der Waals surface area contributed by atoms with Crippen molar-refractivity contribution < 1.29 is 27.8 Å². The number of alkyl carbamates (subject to hydrolysis) is 1. The molecule has 1 aromatic rings. The molecular formula is C19H25BrF2N2O4. The number of carbonyl (C=O) groups is 2. The highest BCUT2D eigenvalue weighted by molar-refractivity contribution is 9.10. The van der Waals surface area contributed by atoms with E-state index >= 15 is 0 Å². The zero-order valence-corrected chi connectivity index (χ0v) is 17.8. The van der Waals surface area contributed by atoms with Gasteiger partial charge < -0.3 is 19.7 Å². The summed E-state index contributed by atoms with van der Waals surface area (Å²) in [6.45, 7) is 5.76. The summed E-state index contributed by atoms with van der Waals surface area (Å²) >= 11 is 3.33.